The van der Waals surface area contributed by atoms with Crippen LogP contribution >= 0.6 is 0 Å². The molecular weight excluding hydrogens is 326 g/mol. The molecular formula is C20H23N5O. The Kier molecular flexibility index (Phi) is 5.21. The summed E-state index contributed by atoms with van der Waals surface area (Å²) in [4.78, 5) is 17.6. The lowest BCUT2D eigenvalue weighted by molar-refractivity contribution is 0.225. The van der Waals surface area contributed by atoms with E-state index < -0.39 is 0 Å². The Morgan fingerprint density at radius 1 is 0.923 bits per heavy atom. The molecule has 0 aliphatic carbocycles. The summed E-state index contributed by atoms with van der Waals surface area (Å²) in [5.41, 5.74) is 0. The molecule has 3 aromatic rings. The lowest BCUT2D eigenvalue weighted by Crippen LogP contribution is -2.47. The second-order valence-electron chi connectivity index (χ2n) is 6.43. The summed E-state index contributed by atoms with van der Waals surface area (Å²) in [6.07, 6.45) is 8.30. The zero-order chi connectivity index (χ0) is 17.6. The second kappa shape index (κ2) is 8.10. The van der Waals surface area contributed by atoms with Gasteiger partial charge in [-0.3, -0.25) is 9.88 Å². The molecule has 1 aromatic carbocycles. The van der Waals surface area contributed by atoms with Gasteiger partial charge in [-0.25, -0.2) is 9.97 Å². The highest BCUT2D eigenvalue weighted by molar-refractivity contribution is 5.87. The van der Waals surface area contributed by atoms with E-state index in [1.165, 1.54) is 0 Å². The van der Waals surface area contributed by atoms with Gasteiger partial charge < -0.3 is 9.64 Å². The first kappa shape index (κ1) is 16.7. The zero-order valence-electron chi connectivity index (χ0n) is 14.8. The van der Waals surface area contributed by atoms with E-state index in [4.69, 9.17) is 4.74 Å². The van der Waals surface area contributed by atoms with Gasteiger partial charge in [0.1, 0.15) is 5.75 Å². The second-order valence-corrected chi connectivity index (χ2v) is 6.43. The molecule has 0 amide bonds. The predicted octanol–water partition coefficient (Wildman–Crippen LogP) is 2.62. The molecule has 1 aliphatic rings. The third-order valence-corrected chi connectivity index (χ3v) is 4.72. The number of hydrogen-bond acceptors (Lipinski definition) is 6. The van der Waals surface area contributed by atoms with E-state index >= 15 is 0 Å². The van der Waals surface area contributed by atoms with Crippen molar-refractivity contribution in [2.24, 2.45) is 0 Å². The normalized spacial score (nSPS) is 15.3. The molecule has 26 heavy (non-hydrogen) atoms. The highest BCUT2D eigenvalue weighted by atomic mass is 16.5. The summed E-state index contributed by atoms with van der Waals surface area (Å²) >= 11 is 0. The summed E-state index contributed by atoms with van der Waals surface area (Å²) < 4.78 is 6.02. The molecule has 6 heteroatoms. The Bertz CT molecular complexity index is 828. The Balaban J connectivity index is 1.22. The van der Waals surface area contributed by atoms with Crippen molar-refractivity contribution in [3.63, 3.8) is 0 Å². The third kappa shape index (κ3) is 3.91. The van der Waals surface area contributed by atoms with Crippen molar-refractivity contribution in [1.82, 2.24) is 19.9 Å². The van der Waals surface area contributed by atoms with E-state index in [1.807, 2.05) is 36.7 Å². The van der Waals surface area contributed by atoms with Crippen molar-refractivity contribution in [3.8, 4) is 5.75 Å². The van der Waals surface area contributed by atoms with Crippen LogP contribution in [0.2, 0.25) is 0 Å². The van der Waals surface area contributed by atoms with Gasteiger partial charge in [0.25, 0.3) is 0 Å². The molecule has 0 unspecified atom stereocenters. The first-order valence-electron chi connectivity index (χ1n) is 9.10. The van der Waals surface area contributed by atoms with Crippen molar-refractivity contribution < 1.29 is 4.74 Å². The topological polar surface area (TPSA) is 54.4 Å². The maximum Gasteiger partial charge on any atom is 0.225 e. The van der Waals surface area contributed by atoms with Crippen LogP contribution < -0.4 is 9.64 Å². The maximum atomic E-state index is 6.02. The number of aromatic nitrogens is 3. The minimum absolute atomic E-state index is 0.726. The average molecular weight is 349 g/mol. The number of nitrogens with zero attached hydrogens (tertiary/aromatic N) is 5. The summed E-state index contributed by atoms with van der Waals surface area (Å²) in [6.45, 7) is 5.80. The van der Waals surface area contributed by atoms with Crippen molar-refractivity contribution in [1.29, 1.82) is 0 Å². The Morgan fingerprint density at radius 3 is 2.62 bits per heavy atom. The molecule has 134 valence electrons. The highest BCUT2D eigenvalue weighted by Gasteiger charge is 2.18. The molecule has 1 fully saturated rings. The van der Waals surface area contributed by atoms with Crippen LogP contribution in [0.5, 0.6) is 5.75 Å². The van der Waals surface area contributed by atoms with Gasteiger partial charge in [-0.15, -0.1) is 0 Å². The van der Waals surface area contributed by atoms with Crippen LogP contribution in [0.15, 0.2) is 55.1 Å². The van der Waals surface area contributed by atoms with E-state index in [0.29, 0.717) is 0 Å². The quantitative estimate of drug-likeness (QED) is 0.638. The SMILES string of the molecule is c1cnc(N2CCN(CCCOc3cccc4cnccc34)CC2)nc1. The summed E-state index contributed by atoms with van der Waals surface area (Å²) in [6, 6.07) is 9.97. The predicted molar refractivity (Wildman–Crippen MR) is 103 cm³/mol. The Labute approximate surface area is 153 Å². The minimum Gasteiger partial charge on any atom is -0.493 e. The first-order chi connectivity index (χ1) is 12.9. The van der Waals surface area contributed by atoms with Gasteiger partial charge in [-0.2, -0.15) is 0 Å². The van der Waals surface area contributed by atoms with Crippen LogP contribution in [-0.2, 0) is 0 Å². The van der Waals surface area contributed by atoms with E-state index in [0.717, 1.165) is 68.2 Å². The number of anilines is 1. The Hall–Kier alpha value is -2.73. The van der Waals surface area contributed by atoms with Crippen LogP contribution in [0, 0.1) is 0 Å². The number of ether oxygens (including phenoxy) is 1. The number of rotatable bonds is 6. The van der Waals surface area contributed by atoms with Crippen LogP contribution in [0.1, 0.15) is 6.42 Å². The Morgan fingerprint density at radius 2 is 1.77 bits per heavy atom. The number of fused-ring (bicyclic) bond motifs is 1. The molecule has 1 aliphatic heterocycles. The van der Waals surface area contributed by atoms with Crippen LogP contribution in [0.3, 0.4) is 0 Å². The molecule has 4 rings (SSSR count). The van der Waals surface area contributed by atoms with E-state index in [2.05, 4.69) is 30.8 Å². The molecule has 6 nitrogen and oxygen atoms in total. The minimum atomic E-state index is 0.726. The molecule has 0 saturated carbocycles. The van der Waals surface area contributed by atoms with Gasteiger partial charge in [-0.1, -0.05) is 12.1 Å². The van der Waals surface area contributed by atoms with E-state index in [9.17, 15) is 0 Å². The van der Waals surface area contributed by atoms with Gasteiger partial charge in [0.15, 0.2) is 0 Å². The number of benzene rings is 1. The molecule has 0 atom stereocenters. The summed E-state index contributed by atoms with van der Waals surface area (Å²) in [5.74, 6) is 1.77. The standard InChI is InChI=1S/C20H23N5O/c1-4-17-16-21-9-6-18(17)19(5-1)26-15-3-10-24-11-13-25(14-12-24)20-22-7-2-8-23-20/h1-2,4-9,16H,3,10-15H2. The summed E-state index contributed by atoms with van der Waals surface area (Å²) in [7, 11) is 0. The monoisotopic (exact) mass is 349 g/mol. The molecule has 1 saturated heterocycles. The van der Waals surface area contributed by atoms with Gasteiger partial charge in [0.2, 0.25) is 5.95 Å². The van der Waals surface area contributed by atoms with Crippen LogP contribution in [0.25, 0.3) is 10.8 Å². The lowest BCUT2D eigenvalue weighted by Gasteiger charge is -2.34. The van der Waals surface area contributed by atoms with Gasteiger partial charge in [0.05, 0.1) is 6.61 Å². The van der Waals surface area contributed by atoms with Crippen molar-refractivity contribution in [3.05, 3.63) is 55.1 Å². The van der Waals surface area contributed by atoms with E-state index in [-0.39, 0.29) is 0 Å². The third-order valence-electron chi connectivity index (χ3n) is 4.72. The molecule has 0 spiro atoms. The number of hydrogen-bond donors (Lipinski definition) is 0. The molecule has 3 heterocycles. The van der Waals surface area contributed by atoms with Crippen molar-refractivity contribution >= 4 is 16.7 Å². The van der Waals surface area contributed by atoms with Gasteiger partial charge >= 0.3 is 0 Å². The van der Waals surface area contributed by atoms with Crippen molar-refractivity contribution in [2.45, 2.75) is 6.42 Å². The zero-order valence-corrected chi connectivity index (χ0v) is 14.8. The molecule has 0 bridgehead atoms. The fourth-order valence-corrected chi connectivity index (χ4v) is 3.31. The molecule has 0 radical (unpaired) electrons. The number of piperazine rings is 1. The smallest absolute Gasteiger partial charge is 0.225 e. The fourth-order valence-electron chi connectivity index (χ4n) is 3.31. The molecule has 2 aromatic heterocycles. The maximum absolute atomic E-state index is 6.02. The largest absolute Gasteiger partial charge is 0.493 e. The van der Waals surface area contributed by atoms with Gasteiger partial charge in [0, 0.05) is 68.3 Å². The fraction of sp³-hybridized carbons (Fsp3) is 0.350. The molecule has 0 N–H and O–H groups in total. The highest BCUT2D eigenvalue weighted by Crippen LogP contribution is 2.24. The van der Waals surface area contributed by atoms with Gasteiger partial charge in [-0.05, 0) is 24.6 Å². The van der Waals surface area contributed by atoms with Crippen LogP contribution in [0.4, 0.5) is 5.95 Å². The summed E-state index contributed by atoms with van der Waals surface area (Å²) in [5, 5.41) is 2.24. The number of pyridine rings is 1. The average Bonchev–Trinajstić information content (AvgIpc) is 2.72. The lowest BCUT2D eigenvalue weighted by atomic mass is 10.1. The van der Waals surface area contributed by atoms with Crippen LogP contribution in [-0.4, -0.2) is 59.2 Å². The first-order valence-corrected chi connectivity index (χ1v) is 9.10. The van der Waals surface area contributed by atoms with E-state index in [1.54, 1.807) is 12.4 Å². The van der Waals surface area contributed by atoms with Crippen molar-refractivity contribution in [2.75, 3.05) is 44.2 Å².